The van der Waals surface area contributed by atoms with Crippen molar-refractivity contribution in [2.45, 2.75) is 17.0 Å². The molecule has 0 atom stereocenters. The molecular weight excluding hydrogens is 372 g/mol. The maximum Gasteiger partial charge on any atom is 0.240 e. The van der Waals surface area contributed by atoms with Gasteiger partial charge in [-0.25, -0.2) is 18.1 Å². The number of nitrogens with zero attached hydrogens (tertiary/aromatic N) is 1. The molecule has 1 aromatic heterocycles. The monoisotopic (exact) mass is 390 g/mol. The van der Waals surface area contributed by atoms with Crippen LogP contribution in [0.2, 0.25) is 0 Å². The molecule has 0 fully saturated rings. The van der Waals surface area contributed by atoms with Crippen molar-refractivity contribution in [1.29, 1.82) is 0 Å². The van der Waals surface area contributed by atoms with Crippen molar-refractivity contribution in [3.63, 3.8) is 0 Å². The molecule has 0 aliphatic heterocycles. The zero-order valence-corrected chi connectivity index (χ0v) is 15.7. The van der Waals surface area contributed by atoms with Gasteiger partial charge in [-0.2, -0.15) is 0 Å². The summed E-state index contributed by atoms with van der Waals surface area (Å²) in [6.45, 7) is 2.03. The first-order valence-corrected chi connectivity index (χ1v) is 10.4. The Morgan fingerprint density at radius 3 is 2.58 bits per heavy atom. The molecule has 0 spiro atoms. The first kappa shape index (κ1) is 18.4. The number of imidazole rings is 1. The zero-order chi connectivity index (χ0) is 18.6. The lowest BCUT2D eigenvalue weighted by atomic mass is 10.3. The van der Waals surface area contributed by atoms with Crippen LogP contribution in [0.3, 0.4) is 0 Å². The number of anilines is 1. The van der Waals surface area contributed by atoms with Crippen LogP contribution in [0.25, 0.3) is 11.0 Å². The number of thioether (sulfide) groups is 1. The second-order valence-corrected chi connectivity index (χ2v) is 8.15. The fraction of sp³-hybridized carbons (Fsp3) is 0.176. The molecule has 3 rings (SSSR count). The van der Waals surface area contributed by atoms with Gasteiger partial charge in [0.15, 0.2) is 5.16 Å². The van der Waals surface area contributed by atoms with E-state index in [0.717, 1.165) is 11.0 Å². The third-order valence-electron chi connectivity index (χ3n) is 3.49. The quantitative estimate of drug-likeness (QED) is 0.538. The van der Waals surface area contributed by atoms with Crippen LogP contribution in [0.1, 0.15) is 6.92 Å². The van der Waals surface area contributed by atoms with E-state index in [-0.39, 0.29) is 16.6 Å². The van der Waals surface area contributed by atoms with Crippen LogP contribution >= 0.6 is 11.8 Å². The smallest absolute Gasteiger partial charge is 0.240 e. The third kappa shape index (κ3) is 4.43. The normalized spacial score (nSPS) is 11.6. The maximum absolute atomic E-state index is 12.1. The van der Waals surface area contributed by atoms with Crippen LogP contribution < -0.4 is 10.0 Å². The fourth-order valence-electron chi connectivity index (χ4n) is 2.32. The van der Waals surface area contributed by atoms with Gasteiger partial charge in [0.2, 0.25) is 15.9 Å². The summed E-state index contributed by atoms with van der Waals surface area (Å²) in [4.78, 5) is 19.8. The van der Waals surface area contributed by atoms with Crippen molar-refractivity contribution in [2.24, 2.45) is 0 Å². The molecule has 26 heavy (non-hydrogen) atoms. The number of benzene rings is 2. The van der Waals surface area contributed by atoms with Crippen molar-refractivity contribution < 1.29 is 13.2 Å². The summed E-state index contributed by atoms with van der Waals surface area (Å²) in [5.41, 5.74) is 2.32. The Labute approximate surface area is 155 Å². The van der Waals surface area contributed by atoms with Crippen LogP contribution in [-0.2, 0) is 14.8 Å². The third-order valence-corrected chi connectivity index (χ3v) is 5.93. The highest BCUT2D eigenvalue weighted by molar-refractivity contribution is 7.99. The van der Waals surface area contributed by atoms with E-state index < -0.39 is 10.0 Å². The molecule has 1 amide bonds. The van der Waals surface area contributed by atoms with Crippen LogP contribution in [0.4, 0.5) is 5.69 Å². The number of sulfonamides is 1. The summed E-state index contributed by atoms with van der Waals surface area (Å²) in [6, 6.07) is 13.7. The molecule has 9 heteroatoms. The van der Waals surface area contributed by atoms with Gasteiger partial charge in [-0.3, -0.25) is 4.79 Å². The standard InChI is InChI=1S/C17H18N4O3S2/c1-2-18-26(23,24)13-9-7-12(8-10-13)19-16(22)11-25-17-20-14-5-3-4-6-15(14)21-17/h3-10,18H,2,11H2,1H3,(H,19,22)(H,20,21). The highest BCUT2D eigenvalue weighted by Gasteiger charge is 2.12. The summed E-state index contributed by atoms with van der Waals surface area (Å²) >= 11 is 1.30. The van der Waals surface area contributed by atoms with E-state index in [0.29, 0.717) is 17.4 Å². The zero-order valence-electron chi connectivity index (χ0n) is 14.0. The topological polar surface area (TPSA) is 104 Å². The van der Waals surface area contributed by atoms with Gasteiger partial charge < -0.3 is 10.3 Å². The number of nitrogens with one attached hydrogen (secondary N) is 3. The van der Waals surface area contributed by atoms with Crippen LogP contribution in [-0.4, -0.2) is 36.6 Å². The van der Waals surface area contributed by atoms with Gasteiger partial charge in [0.25, 0.3) is 0 Å². The van der Waals surface area contributed by atoms with Crippen molar-refractivity contribution >= 4 is 44.4 Å². The molecule has 7 nitrogen and oxygen atoms in total. The summed E-state index contributed by atoms with van der Waals surface area (Å²) in [7, 11) is -3.49. The number of amides is 1. The number of aromatic amines is 1. The molecule has 136 valence electrons. The van der Waals surface area contributed by atoms with Gasteiger partial charge in [-0.05, 0) is 36.4 Å². The predicted molar refractivity (Wildman–Crippen MR) is 103 cm³/mol. The van der Waals surface area contributed by atoms with E-state index in [9.17, 15) is 13.2 Å². The Balaban J connectivity index is 1.57. The molecule has 3 N–H and O–H groups in total. The summed E-state index contributed by atoms with van der Waals surface area (Å²) in [5.74, 6) is -0.00480. The second kappa shape index (κ2) is 7.90. The molecule has 0 saturated carbocycles. The molecule has 0 saturated heterocycles. The van der Waals surface area contributed by atoms with Crippen LogP contribution in [0, 0.1) is 0 Å². The molecule has 0 bridgehead atoms. The minimum atomic E-state index is -3.49. The first-order chi connectivity index (χ1) is 12.5. The van der Waals surface area contributed by atoms with E-state index >= 15 is 0 Å². The van der Waals surface area contributed by atoms with Gasteiger partial charge in [0.1, 0.15) is 0 Å². The van der Waals surface area contributed by atoms with Crippen molar-refractivity contribution in [3.05, 3.63) is 48.5 Å². The lowest BCUT2D eigenvalue weighted by molar-refractivity contribution is -0.113. The van der Waals surface area contributed by atoms with E-state index in [1.165, 1.54) is 23.9 Å². The number of rotatable bonds is 7. The second-order valence-electron chi connectivity index (χ2n) is 5.42. The number of hydrogen-bond acceptors (Lipinski definition) is 5. The summed E-state index contributed by atoms with van der Waals surface area (Å²) in [6.07, 6.45) is 0. The van der Waals surface area contributed by atoms with E-state index in [1.54, 1.807) is 19.1 Å². The fourth-order valence-corrected chi connectivity index (χ4v) is 4.05. The molecule has 0 aliphatic rings. The van der Waals surface area contributed by atoms with Gasteiger partial charge in [-0.15, -0.1) is 0 Å². The molecular formula is C17H18N4O3S2. The Morgan fingerprint density at radius 1 is 1.15 bits per heavy atom. The number of para-hydroxylation sites is 2. The van der Waals surface area contributed by atoms with Crippen molar-refractivity contribution in [2.75, 3.05) is 17.6 Å². The van der Waals surface area contributed by atoms with Gasteiger partial charge in [-0.1, -0.05) is 30.8 Å². The number of aromatic nitrogens is 2. The summed E-state index contributed by atoms with van der Waals surface area (Å²) in [5, 5.41) is 3.41. The van der Waals surface area contributed by atoms with Crippen molar-refractivity contribution in [1.82, 2.24) is 14.7 Å². The Kier molecular flexibility index (Phi) is 5.60. The number of carbonyl (C=O) groups excluding carboxylic acids is 1. The highest BCUT2D eigenvalue weighted by atomic mass is 32.2. The van der Waals surface area contributed by atoms with E-state index in [1.807, 2.05) is 24.3 Å². The van der Waals surface area contributed by atoms with Gasteiger partial charge >= 0.3 is 0 Å². The van der Waals surface area contributed by atoms with Gasteiger partial charge in [0.05, 0.1) is 21.7 Å². The van der Waals surface area contributed by atoms with Crippen molar-refractivity contribution in [3.8, 4) is 0 Å². The molecule has 0 aliphatic carbocycles. The number of carbonyl (C=O) groups is 1. The van der Waals surface area contributed by atoms with E-state index in [2.05, 4.69) is 20.0 Å². The lowest BCUT2D eigenvalue weighted by Crippen LogP contribution is -2.23. The molecule has 3 aromatic rings. The van der Waals surface area contributed by atoms with Crippen LogP contribution in [0.5, 0.6) is 0 Å². The minimum absolute atomic E-state index is 0.161. The van der Waals surface area contributed by atoms with Gasteiger partial charge in [0, 0.05) is 12.2 Å². The number of H-pyrrole nitrogens is 1. The molecule has 1 heterocycles. The summed E-state index contributed by atoms with van der Waals surface area (Å²) < 4.78 is 26.2. The molecule has 2 aromatic carbocycles. The van der Waals surface area contributed by atoms with Crippen LogP contribution in [0.15, 0.2) is 58.6 Å². The highest BCUT2D eigenvalue weighted by Crippen LogP contribution is 2.20. The number of fused-ring (bicyclic) bond motifs is 1. The lowest BCUT2D eigenvalue weighted by Gasteiger charge is -2.07. The number of hydrogen-bond donors (Lipinski definition) is 3. The minimum Gasteiger partial charge on any atom is -0.333 e. The average Bonchev–Trinajstić information content (AvgIpc) is 3.03. The largest absolute Gasteiger partial charge is 0.333 e. The Morgan fingerprint density at radius 2 is 1.88 bits per heavy atom. The predicted octanol–water partition coefficient (Wildman–Crippen LogP) is 2.59. The first-order valence-electron chi connectivity index (χ1n) is 7.95. The SMILES string of the molecule is CCNS(=O)(=O)c1ccc(NC(=O)CSc2nc3ccccc3[nH]2)cc1. The Bertz CT molecular complexity index is 981. The maximum atomic E-state index is 12.1. The average molecular weight is 390 g/mol. The molecule has 0 unspecified atom stereocenters. The van der Waals surface area contributed by atoms with E-state index in [4.69, 9.17) is 0 Å². The Hall–Kier alpha value is -2.36. The molecule has 0 radical (unpaired) electrons.